The lowest BCUT2D eigenvalue weighted by Crippen LogP contribution is -2.60. The van der Waals surface area contributed by atoms with Crippen LogP contribution in [-0.4, -0.2) is 59.7 Å². The Morgan fingerprint density at radius 2 is 1.85 bits per heavy atom. The van der Waals surface area contributed by atoms with Crippen molar-refractivity contribution in [2.75, 3.05) is 13.7 Å². The summed E-state index contributed by atoms with van der Waals surface area (Å²) in [5.41, 5.74) is 0.941. The number of hydrogen-bond acceptors (Lipinski definition) is 6. The molecule has 1 saturated heterocycles. The number of hydrogen-bond donors (Lipinski definition) is 3. The van der Waals surface area contributed by atoms with Gasteiger partial charge in [0, 0.05) is 7.11 Å². The third-order valence-corrected chi connectivity index (χ3v) is 3.37. The van der Waals surface area contributed by atoms with Gasteiger partial charge in [-0.15, -0.1) is 0 Å². The zero-order valence-electron chi connectivity index (χ0n) is 11.3. The molecule has 0 spiro atoms. The summed E-state index contributed by atoms with van der Waals surface area (Å²) in [5, 5.41) is 29.1. The van der Waals surface area contributed by atoms with Gasteiger partial charge in [0.1, 0.15) is 24.4 Å². The van der Waals surface area contributed by atoms with E-state index >= 15 is 0 Å². The molecule has 1 fully saturated rings. The summed E-state index contributed by atoms with van der Waals surface area (Å²) in [6.45, 7) is -0.132. The molecule has 2 rings (SSSR count). The Balaban J connectivity index is 2.04. The zero-order valence-corrected chi connectivity index (χ0v) is 11.3. The van der Waals surface area contributed by atoms with E-state index in [1.54, 1.807) is 0 Å². The summed E-state index contributed by atoms with van der Waals surface area (Å²) in [6.07, 6.45) is -4.80. The standard InChI is InChI=1S/C14H20O6/c1-18-13-12(11(16)10(7-15)20-14(13)17)19-8-9-5-3-2-4-6-9/h2-6,10-17H,7-8H2,1H3/t10-,11-,12-,13-,14+/m1/s1. The van der Waals surface area contributed by atoms with Crippen molar-refractivity contribution in [3.8, 4) is 0 Å². The van der Waals surface area contributed by atoms with Gasteiger partial charge in [-0.05, 0) is 5.56 Å². The highest BCUT2D eigenvalue weighted by atomic mass is 16.7. The summed E-state index contributed by atoms with van der Waals surface area (Å²) in [4.78, 5) is 0. The molecule has 6 nitrogen and oxygen atoms in total. The monoisotopic (exact) mass is 284 g/mol. The molecule has 1 aromatic carbocycles. The lowest BCUT2D eigenvalue weighted by molar-refractivity contribution is -0.301. The second-order valence-corrected chi connectivity index (χ2v) is 4.70. The van der Waals surface area contributed by atoms with Crippen molar-refractivity contribution in [1.82, 2.24) is 0 Å². The molecule has 1 aliphatic heterocycles. The maximum Gasteiger partial charge on any atom is 0.184 e. The predicted molar refractivity (Wildman–Crippen MR) is 69.8 cm³/mol. The highest BCUT2D eigenvalue weighted by molar-refractivity contribution is 5.13. The average molecular weight is 284 g/mol. The van der Waals surface area contributed by atoms with E-state index in [4.69, 9.17) is 19.3 Å². The highest BCUT2D eigenvalue weighted by Crippen LogP contribution is 2.25. The molecule has 3 N–H and O–H groups in total. The van der Waals surface area contributed by atoms with E-state index in [1.165, 1.54) is 7.11 Å². The van der Waals surface area contributed by atoms with Gasteiger partial charge < -0.3 is 29.5 Å². The van der Waals surface area contributed by atoms with Gasteiger partial charge in [0.15, 0.2) is 6.29 Å². The maximum atomic E-state index is 10.1. The van der Waals surface area contributed by atoms with Crippen molar-refractivity contribution in [2.24, 2.45) is 0 Å². The first-order valence-electron chi connectivity index (χ1n) is 6.48. The van der Waals surface area contributed by atoms with Crippen LogP contribution in [0.2, 0.25) is 0 Å². The molecule has 0 bridgehead atoms. The number of rotatable bonds is 5. The highest BCUT2D eigenvalue weighted by Gasteiger charge is 2.45. The van der Waals surface area contributed by atoms with Crippen LogP contribution in [0.5, 0.6) is 0 Å². The summed E-state index contributed by atoms with van der Waals surface area (Å²) < 4.78 is 15.9. The van der Waals surface area contributed by atoms with Crippen LogP contribution >= 0.6 is 0 Å². The molecule has 112 valence electrons. The number of aliphatic hydroxyl groups is 3. The van der Waals surface area contributed by atoms with Gasteiger partial charge in [0.25, 0.3) is 0 Å². The van der Waals surface area contributed by atoms with Gasteiger partial charge in [-0.1, -0.05) is 30.3 Å². The smallest absolute Gasteiger partial charge is 0.184 e. The molecular weight excluding hydrogens is 264 g/mol. The molecule has 6 heteroatoms. The molecule has 1 aliphatic rings. The molecular formula is C14H20O6. The van der Waals surface area contributed by atoms with E-state index in [2.05, 4.69) is 0 Å². The molecule has 1 aromatic rings. The van der Waals surface area contributed by atoms with Crippen molar-refractivity contribution in [3.63, 3.8) is 0 Å². The van der Waals surface area contributed by atoms with Crippen LogP contribution < -0.4 is 0 Å². The first-order chi connectivity index (χ1) is 9.67. The van der Waals surface area contributed by atoms with Crippen LogP contribution in [0.1, 0.15) is 5.56 Å². The van der Waals surface area contributed by atoms with Gasteiger partial charge in [-0.25, -0.2) is 0 Å². The first kappa shape index (κ1) is 15.4. The molecule has 20 heavy (non-hydrogen) atoms. The Morgan fingerprint density at radius 3 is 2.45 bits per heavy atom. The lowest BCUT2D eigenvalue weighted by Gasteiger charge is -2.41. The Labute approximate surface area is 117 Å². The Bertz CT molecular complexity index is 398. The van der Waals surface area contributed by atoms with Crippen LogP contribution in [0.3, 0.4) is 0 Å². The summed E-state index contributed by atoms with van der Waals surface area (Å²) >= 11 is 0. The van der Waals surface area contributed by atoms with E-state index in [1.807, 2.05) is 30.3 Å². The third kappa shape index (κ3) is 3.35. The average Bonchev–Trinajstić information content (AvgIpc) is 2.48. The maximum absolute atomic E-state index is 10.1. The largest absolute Gasteiger partial charge is 0.394 e. The van der Waals surface area contributed by atoms with Crippen molar-refractivity contribution >= 4 is 0 Å². The van der Waals surface area contributed by atoms with Crippen LogP contribution in [0.15, 0.2) is 30.3 Å². The Hall–Kier alpha value is -1.02. The van der Waals surface area contributed by atoms with Gasteiger partial charge in [0.05, 0.1) is 13.2 Å². The minimum Gasteiger partial charge on any atom is -0.394 e. The number of methoxy groups -OCH3 is 1. The van der Waals surface area contributed by atoms with Gasteiger partial charge in [-0.2, -0.15) is 0 Å². The molecule has 0 saturated carbocycles. The number of ether oxygens (including phenoxy) is 3. The second-order valence-electron chi connectivity index (χ2n) is 4.70. The first-order valence-corrected chi connectivity index (χ1v) is 6.48. The quantitative estimate of drug-likeness (QED) is 0.685. The normalized spacial score (nSPS) is 34.1. The van der Waals surface area contributed by atoms with E-state index in [-0.39, 0.29) is 6.61 Å². The third-order valence-electron chi connectivity index (χ3n) is 3.37. The van der Waals surface area contributed by atoms with Crippen LogP contribution in [0.25, 0.3) is 0 Å². The molecule has 1 heterocycles. The van der Waals surface area contributed by atoms with Crippen molar-refractivity contribution in [1.29, 1.82) is 0 Å². The SMILES string of the molecule is CO[C@@H]1[C@H](OCc2ccccc2)[C@H](O)[C@@H](CO)O[C@@H]1O. The molecule has 0 aromatic heterocycles. The number of benzene rings is 1. The van der Waals surface area contributed by atoms with Crippen LogP contribution in [-0.2, 0) is 20.8 Å². The molecule has 0 aliphatic carbocycles. The summed E-state index contributed by atoms with van der Waals surface area (Å²) in [5.74, 6) is 0. The van der Waals surface area contributed by atoms with Gasteiger partial charge >= 0.3 is 0 Å². The van der Waals surface area contributed by atoms with Crippen LogP contribution in [0.4, 0.5) is 0 Å². The summed E-state index contributed by atoms with van der Waals surface area (Å²) in [7, 11) is 1.40. The Kier molecular flexibility index (Phi) is 5.47. The topological polar surface area (TPSA) is 88.4 Å². The van der Waals surface area contributed by atoms with E-state index in [0.29, 0.717) is 0 Å². The minimum absolute atomic E-state index is 0.271. The lowest BCUT2D eigenvalue weighted by atomic mass is 9.99. The fourth-order valence-electron chi connectivity index (χ4n) is 2.27. The van der Waals surface area contributed by atoms with E-state index < -0.39 is 37.3 Å². The fraction of sp³-hybridized carbons (Fsp3) is 0.571. The second kappa shape index (κ2) is 7.12. The fourth-order valence-corrected chi connectivity index (χ4v) is 2.27. The van der Waals surface area contributed by atoms with Crippen molar-refractivity contribution in [2.45, 2.75) is 37.3 Å². The predicted octanol–water partition coefficient (Wildman–Crippen LogP) is -0.343. The van der Waals surface area contributed by atoms with Gasteiger partial charge in [-0.3, -0.25) is 0 Å². The van der Waals surface area contributed by atoms with Gasteiger partial charge in [0.2, 0.25) is 0 Å². The molecule has 0 radical (unpaired) electrons. The molecule has 0 amide bonds. The molecule has 5 atom stereocenters. The zero-order chi connectivity index (χ0) is 14.5. The number of aliphatic hydroxyl groups excluding tert-OH is 3. The van der Waals surface area contributed by atoms with E-state index in [9.17, 15) is 10.2 Å². The van der Waals surface area contributed by atoms with Crippen molar-refractivity contribution in [3.05, 3.63) is 35.9 Å². The van der Waals surface area contributed by atoms with Crippen LogP contribution in [0, 0.1) is 0 Å². The Morgan fingerprint density at radius 1 is 1.15 bits per heavy atom. The minimum atomic E-state index is -1.25. The molecule has 0 unspecified atom stereocenters. The van der Waals surface area contributed by atoms with Crippen molar-refractivity contribution < 1.29 is 29.5 Å². The summed E-state index contributed by atoms with van der Waals surface area (Å²) in [6, 6.07) is 9.47. The van der Waals surface area contributed by atoms with E-state index in [0.717, 1.165) is 5.56 Å².